The van der Waals surface area contributed by atoms with Crippen molar-refractivity contribution in [1.29, 1.82) is 0 Å². The van der Waals surface area contributed by atoms with Crippen LogP contribution in [0.25, 0.3) is 0 Å². The maximum Gasteiger partial charge on any atom is 0.159 e. The van der Waals surface area contributed by atoms with Crippen molar-refractivity contribution in [2.45, 2.75) is 25.0 Å². The third-order valence-corrected chi connectivity index (χ3v) is 5.88. The number of nitrogens with zero attached hydrogens (tertiary/aromatic N) is 6. The first-order chi connectivity index (χ1) is 11.3. The molecule has 1 aromatic heterocycles. The van der Waals surface area contributed by atoms with Crippen LogP contribution >= 0.6 is 11.8 Å². The van der Waals surface area contributed by atoms with Gasteiger partial charge in [-0.1, -0.05) is 18.7 Å². The highest BCUT2D eigenvalue weighted by Crippen LogP contribution is 2.25. The molecule has 0 N–H and O–H groups in total. The number of piperazine rings is 1. The van der Waals surface area contributed by atoms with E-state index in [0.717, 1.165) is 57.4 Å². The van der Waals surface area contributed by atoms with E-state index in [2.05, 4.69) is 42.7 Å². The Kier molecular flexibility index (Phi) is 4.29. The van der Waals surface area contributed by atoms with Crippen LogP contribution in [0.2, 0.25) is 0 Å². The second-order valence-electron chi connectivity index (χ2n) is 6.45. The second-order valence-corrected chi connectivity index (χ2v) is 7.86. The summed E-state index contributed by atoms with van der Waals surface area (Å²) in [5.41, 5.74) is 0. The Hall–Kier alpha value is -1.50. The molecule has 0 bridgehead atoms. The van der Waals surface area contributed by atoms with Gasteiger partial charge in [-0.2, -0.15) is 0 Å². The minimum absolute atomic E-state index is 0.632. The minimum Gasteiger partial charge on any atom is -0.356 e. The lowest BCUT2D eigenvalue weighted by Gasteiger charge is -2.36. The van der Waals surface area contributed by atoms with Gasteiger partial charge in [0.2, 0.25) is 0 Å². The van der Waals surface area contributed by atoms with Gasteiger partial charge in [-0.3, -0.25) is 4.99 Å². The van der Waals surface area contributed by atoms with Crippen LogP contribution in [-0.4, -0.2) is 71.1 Å². The average molecular weight is 332 g/mol. The van der Waals surface area contributed by atoms with Crippen molar-refractivity contribution in [3.8, 4) is 0 Å². The van der Waals surface area contributed by atoms with Crippen molar-refractivity contribution in [2.24, 2.45) is 4.99 Å². The highest BCUT2D eigenvalue weighted by atomic mass is 32.2. The Morgan fingerprint density at radius 1 is 0.913 bits per heavy atom. The van der Waals surface area contributed by atoms with E-state index in [4.69, 9.17) is 0 Å². The predicted molar refractivity (Wildman–Crippen MR) is 96.6 cm³/mol. The topological polar surface area (TPSA) is 47.9 Å². The third kappa shape index (κ3) is 3.24. The number of rotatable bonds is 2. The summed E-state index contributed by atoms with van der Waals surface area (Å²) in [5.74, 6) is 2.15. The van der Waals surface area contributed by atoms with Gasteiger partial charge in [0, 0.05) is 50.6 Å². The van der Waals surface area contributed by atoms with E-state index in [-0.39, 0.29) is 0 Å². The molecule has 7 heteroatoms. The molecule has 6 nitrogen and oxygen atoms in total. The Balaban J connectivity index is 1.39. The van der Waals surface area contributed by atoms with Crippen molar-refractivity contribution in [2.75, 3.05) is 55.6 Å². The Labute approximate surface area is 142 Å². The molecule has 0 aromatic carbocycles. The first-order valence-electron chi connectivity index (χ1n) is 8.57. The monoisotopic (exact) mass is 332 g/mol. The van der Waals surface area contributed by atoms with Crippen LogP contribution in [0, 0.1) is 0 Å². The zero-order chi connectivity index (χ0) is 15.6. The van der Waals surface area contributed by atoms with Crippen LogP contribution in [0.3, 0.4) is 0 Å². The molecule has 1 atom stereocenters. The van der Waals surface area contributed by atoms with E-state index >= 15 is 0 Å². The van der Waals surface area contributed by atoms with Crippen molar-refractivity contribution < 1.29 is 0 Å². The lowest BCUT2D eigenvalue weighted by Crippen LogP contribution is -2.48. The van der Waals surface area contributed by atoms with Crippen molar-refractivity contribution in [3.05, 3.63) is 12.4 Å². The van der Waals surface area contributed by atoms with E-state index in [9.17, 15) is 0 Å². The third-order valence-electron chi connectivity index (χ3n) is 4.73. The fourth-order valence-corrected chi connectivity index (χ4v) is 4.38. The number of thioether (sulfide) groups is 1. The van der Waals surface area contributed by atoms with Crippen LogP contribution in [0.15, 0.2) is 17.4 Å². The van der Waals surface area contributed by atoms with E-state index in [1.54, 1.807) is 6.33 Å². The van der Waals surface area contributed by atoms with Gasteiger partial charge in [-0.15, -0.1) is 0 Å². The normalized spacial score (nSPS) is 25.2. The summed E-state index contributed by atoms with van der Waals surface area (Å²) in [5, 5.41) is 1.87. The molecule has 1 aromatic rings. The number of aromatic nitrogens is 2. The van der Waals surface area contributed by atoms with E-state index in [1.165, 1.54) is 18.0 Å². The van der Waals surface area contributed by atoms with Crippen molar-refractivity contribution in [1.82, 2.24) is 14.9 Å². The number of hydrogen-bond acceptors (Lipinski definition) is 7. The molecule has 0 aliphatic carbocycles. The standard InChI is InChI=1S/C16H24N6S/c1-13-11-17-16(23-13)22-8-6-21(7-9-22)15-10-14(18-12-19-15)20-4-2-3-5-20/h10,12-13H,2-9,11H2,1H3/t13-/m1/s1. The molecule has 0 amide bonds. The summed E-state index contributed by atoms with van der Waals surface area (Å²) in [6, 6.07) is 2.16. The summed E-state index contributed by atoms with van der Waals surface area (Å²) in [7, 11) is 0. The van der Waals surface area contributed by atoms with Gasteiger partial charge < -0.3 is 14.7 Å². The number of amidine groups is 1. The van der Waals surface area contributed by atoms with Crippen LogP contribution in [0.5, 0.6) is 0 Å². The molecule has 3 aliphatic rings. The summed E-state index contributed by atoms with van der Waals surface area (Å²) in [6.07, 6.45) is 4.26. The zero-order valence-corrected chi connectivity index (χ0v) is 14.5. The largest absolute Gasteiger partial charge is 0.356 e. The molecule has 3 aliphatic heterocycles. The Morgan fingerprint density at radius 3 is 2.13 bits per heavy atom. The Morgan fingerprint density at radius 2 is 1.52 bits per heavy atom. The molecule has 0 spiro atoms. The SMILES string of the molecule is C[C@@H]1CN=C(N2CCN(c3cc(N4CCCC4)ncn3)CC2)S1. The van der Waals surface area contributed by atoms with Crippen LogP contribution in [0.4, 0.5) is 11.6 Å². The molecule has 0 radical (unpaired) electrons. The molecule has 2 fully saturated rings. The molecule has 4 rings (SSSR count). The molecule has 4 heterocycles. The molecular formula is C16H24N6S. The van der Waals surface area contributed by atoms with Gasteiger partial charge in [0.25, 0.3) is 0 Å². The Bertz CT molecular complexity index is 578. The molecule has 23 heavy (non-hydrogen) atoms. The maximum absolute atomic E-state index is 4.66. The highest BCUT2D eigenvalue weighted by molar-refractivity contribution is 8.14. The molecule has 2 saturated heterocycles. The summed E-state index contributed by atoms with van der Waals surface area (Å²) in [6.45, 7) is 9.53. The molecule has 124 valence electrons. The molecule has 0 unspecified atom stereocenters. The van der Waals surface area contributed by atoms with Gasteiger partial charge in [-0.05, 0) is 12.8 Å². The van der Waals surface area contributed by atoms with Crippen LogP contribution in [-0.2, 0) is 0 Å². The van der Waals surface area contributed by atoms with E-state index in [0.29, 0.717) is 5.25 Å². The summed E-state index contributed by atoms with van der Waals surface area (Å²) in [4.78, 5) is 20.8. The number of anilines is 2. The van der Waals surface area contributed by atoms with Crippen molar-refractivity contribution >= 4 is 28.6 Å². The van der Waals surface area contributed by atoms with Crippen LogP contribution in [0.1, 0.15) is 19.8 Å². The first-order valence-corrected chi connectivity index (χ1v) is 9.45. The fraction of sp³-hybridized carbons (Fsp3) is 0.688. The van der Waals surface area contributed by atoms with Gasteiger partial charge in [0.1, 0.15) is 18.0 Å². The lowest BCUT2D eigenvalue weighted by molar-refractivity contribution is 0.391. The van der Waals surface area contributed by atoms with Gasteiger partial charge in [-0.25, -0.2) is 9.97 Å². The molecular weight excluding hydrogens is 308 g/mol. The van der Waals surface area contributed by atoms with E-state index < -0.39 is 0 Å². The van der Waals surface area contributed by atoms with Gasteiger partial charge >= 0.3 is 0 Å². The van der Waals surface area contributed by atoms with E-state index in [1.807, 2.05) is 11.8 Å². The minimum atomic E-state index is 0.632. The predicted octanol–water partition coefficient (Wildman–Crippen LogP) is 1.69. The zero-order valence-electron chi connectivity index (χ0n) is 13.7. The molecule has 0 saturated carbocycles. The first kappa shape index (κ1) is 15.1. The summed E-state index contributed by atoms with van der Waals surface area (Å²) >= 11 is 1.91. The quantitative estimate of drug-likeness (QED) is 0.821. The number of aliphatic imine (C=N–C) groups is 1. The highest BCUT2D eigenvalue weighted by Gasteiger charge is 2.25. The van der Waals surface area contributed by atoms with Crippen LogP contribution < -0.4 is 9.80 Å². The number of hydrogen-bond donors (Lipinski definition) is 0. The maximum atomic E-state index is 4.66. The van der Waals surface area contributed by atoms with Gasteiger partial charge in [0.05, 0.1) is 6.54 Å². The smallest absolute Gasteiger partial charge is 0.159 e. The lowest BCUT2D eigenvalue weighted by atomic mass is 10.3. The fourth-order valence-electron chi connectivity index (χ4n) is 3.39. The van der Waals surface area contributed by atoms with Crippen molar-refractivity contribution in [3.63, 3.8) is 0 Å². The summed E-state index contributed by atoms with van der Waals surface area (Å²) < 4.78 is 0. The average Bonchev–Trinajstić information content (AvgIpc) is 3.27. The van der Waals surface area contributed by atoms with Gasteiger partial charge in [0.15, 0.2) is 5.17 Å². The second kappa shape index (κ2) is 6.55.